The van der Waals surface area contributed by atoms with Crippen molar-refractivity contribution < 1.29 is 69.0 Å². The van der Waals surface area contributed by atoms with Crippen molar-refractivity contribution in [3.8, 4) is 0 Å². The summed E-state index contributed by atoms with van der Waals surface area (Å²) in [7, 11) is -1.08. The zero-order valence-electron chi connectivity index (χ0n) is 11.9. The van der Waals surface area contributed by atoms with E-state index in [4.69, 9.17) is 0 Å². The summed E-state index contributed by atoms with van der Waals surface area (Å²) in [6.07, 6.45) is 0. The third kappa shape index (κ3) is 19.8. The Morgan fingerprint density at radius 3 is 0.762 bits per heavy atom. The largest absolute Gasteiger partial charge is 2.00 e. The molecule has 0 saturated carbocycles. The fourth-order valence-corrected chi connectivity index (χ4v) is 10.7. The summed E-state index contributed by atoms with van der Waals surface area (Å²) in [6.45, 7) is 7.40. The van der Waals surface area contributed by atoms with E-state index in [1.807, 2.05) is 27.7 Å². The van der Waals surface area contributed by atoms with Crippen LogP contribution in [0.5, 0.6) is 0 Å². The van der Waals surface area contributed by atoms with Crippen LogP contribution >= 0.6 is 11.4 Å². The van der Waals surface area contributed by atoms with Gasteiger partial charge < -0.3 is 55.5 Å². The second-order valence-corrected chi connectivity index (χ2v) is 19.2. The van der Waals surface area contributed by atoms with Crippen LogP contribution in [0.1, 0.15) is 27.7 Å². The molecule has 0 aliphatic carbocycles. The first kappa shape index (κ1) is 35.6. The van der Waals surface area contributed by atoms with Crippen molar-refractivity contribution >= 4 is 56.0 Å². The first-order valence-corrected chi connectivity index (χ1v) is 15.1. The smallest absolute Gasteiger partial charge is 0.854 e. The van der Waals surface area contributed by atoms with Gasteiger partial charge in [0.2, 0.25) is 0 Å². The molecule has 0 radical (unpaired) electrons. The molecule has 0 heterocycles. The van der Waals surface area contributed by atoms with Gasteiger partial charge in [0.1, 0.15) is 0 Å². The molecule has 0 unspecified atom stereocenters. The molecule has 140 valence electrons. The molecule has 0 aliphatic heterocycles. The first-order valence-electron chi connectivity index (χ1n) is 5.44. The fourth-order valence-electron chi connectivity index (χ4n) is 1.04. The Hall–Kier alpha value is 3.58. The Morgan fingerprint density at radius 2 is 0.762 bits per heavy atom. The Kier molecular flexibility index (Phi) is 31.2. The predicted octanol–water partition coefficient (Wildman–Crippen LogP) is -0.828. The fraction of sp³-hybridized carbons (Fsp3) is 1.00. The minimum atomic E-state index is -3.41. The van der Waals surface area contributed by atoms with E-state index >= 15 is 0 Å². The van der Waals surface area contributed by atoms with Gasteiger partial charge >= 0.3 is 49.5 Å². The van der Waals surface area contributed by atoms with E-state index in [1.165, 1.54) is 0 Å². The molecule has 0 amide bonds. The van der Waals surface area contributed by atoms with E-state index in [9.17, 15) is 19.6 Å². The van der Waals surface area contributed by atoms with Gasteiger partial charge in [-0.2, -0.15) is 0 Å². The minimum absolute atomic E-state index is 0. The van der Waals surface area contributed by atoms with Crippen LogP contribution in [0.2, 0.25) is 0 Å². The van der Waals surface area contributed by atoms with Gasteiger partial charge in [-0.3, -0.25) is 0 Å². The number of hydrogen-bond donors (Lipinski definition) is 0. The molecule has 0 atom stereocenters. The quantitative estimate of drug-likeness (QED) is 0.260. The molecule has 4 nitrogen and oxygen atoms in total. The molecular formula is C8H20Ni3O4P2S4. The molecule has 0 aromatic carbocycles. The Morgan fingerprint density at radius 1 is 0.619 bits per heavy atom. The molecule has 0 bridgehead atoms. The molecule has 0 saturated heterocycles. The molecule has 0 aliphatic rings. The molecule has 0 rings (SSSR count). The van der Waals surface area contributed by atoms with E-state index in [0.29, 0.717) is 23.0 Å². The molecule has 0 aromatic rings. The molecule has 0 fully saturated rings. The van der Waals surface area contributed by atoms with Gasteiger partial charge in [-0.1, -0.05) is 27.7 Å². The summed E-state index contributed by atoms with van der Waals surface area (Å²) in [5.74, 6) is 2.67. The monoisotopic (exact) mass is 544 g/mol. The average Bonchev–Trinajstić information content (AvgIpc) is 2.17. The average molecular weight is 547 g/mol. The normalized spacial score (nSPS) is 10.9. The van der Waals surface area contributed by atoms with Crippen LogP contribution in [0, 0.1) is 0 Å². The second kappa shape index (κ2) is 18.4. The van der Waals surface area contributed by atoms with E-state index in [-0.39, 0.29) is 49.5 Å². The van der Waals surface area contributed by atoms with Gasteiger partial charge in [0.05, 0.1) is 0 Å². The first-order chi connectivity index (χ1) is 8.04. The molecule has 0 aromatic heterocycles. The van der Waals surface area contributed by atoms with Gasteiger partial charge in [-0.25, -0.2) is 20.1 Å². The van der Waals surface area contributed by atoms with Crippen LogP contribution in [0.4, 0.5) is 0 Å². The molecular weight excluding hydrogens is 526 g/mol. The molecule has 0 N–H and O–H groups in total. The number of hydrogen-bond acceptors (Lipinski definition) is 6. The molecule has 13 heteroatoms. The van der Waals surface area contributed by atoms with Gasteiger partial charge in [-0.05, 0) is 23.0 Å². The van der Waals surface area contributed by atoms with Gasteiger partial charge in [0, 0.05) is 0 Å². The zero-order valence-corrected chi connectivity index (χ0v) is 20.0. The van der Waals surface area contributed by atoms with Crippen molar-refractivity contribution in [2.75, 3.05) is 23.0 Å². The van der Waals surface area contributed by atoms with Gasteiger partial charge in [0.25, 0.3) is 0 Å². The summed E-state index contributed by atoms with van der Waals surface area (Å²) in [6, 6.07) is 0. The van der Waals surface area contributed by atoms with Crippen molar-refractivity contribution in [1.29, 1.82) is 0 Å². The van der Waals surface area contributed by atoms with Crippen molar-refractivity contribution in [2.45, 2.75) is 27.7 Å². The van der Waals surface area contributed by atoms with E-state index in [2.05, 4.69) is 24.5 Å². The Bertz CT molecular complexity index is 297. The maximum atomic E-state index is 10.6. The van der Waals surface area contributed by atoms with Crippen molar-refractivity contribution in [3.63, 3.8) is 0 Å². The Balaban J connectivity index is -0.0000000711. The van der Waals surface area contributed by atoms with Crippen molar-refractivity contribution in [1.82, 2.24) is 0 Å². The van der Waals surface area contributed by atoms with Crippen LogP contribution in [0.3, 0.4) is 0 Å². The third-order valence-electron chi connectivity index (χ3n) is 1.97. The zero-order chi connectivity index (χ0) is 15.0. The SMILES string of the molecule is CCS(CC)=P([O-])([O-])[S-].CCS(CC)=P([O-])([O-])[S-].[Ni+2].[Ni+2].[Ni+2]. The van der Waals surface area contributed by atoms with Gasteiger partial charge in [0.15, 0.2) is 0 Å². The maximum absolute atomic E-state index is 10.6. The van der Waals surface area contributed by atoms with Crippen LogP contribution < -0.4 is 19.6 Å². The van der Waals surface area contributed by atoms with Gasteiger partial charge in [-0.15, -0.1) is 0 Å². The summed E-state index contributed by atoms with van der Waals surface area (Å²) < 4.78 is 0. The van der Waals surface area contributed by atoms with E-state index in [0.717, 1.165) is 0 Å². The van der Waals surface area contributed by atoms with E-state index < -0.39 is 31.5 Å². The van der Waals surface area contributed by atoms with Crippen LogP contribution in [-0.2, 0) is 94.1 Å². The maximum Gasteiger partial charge on any atom is 2.00 e. The summed E-state index contributed by atoms with van der Waals surface area (Å²) in [5.41, 5.74) is -6.83. The standard InChI is InChI=1S/2C4H10O2PS2.3Ni/c2*1-3-9(4-2)7(5,6)8;;;/h2*3-4H2,1-2H3;;;/q2*-3;3*+2. The van der Waals surface area contributed by atoms with Crippen molar-refractivity contribution in [2.24, 2.45) is 0 Å². The second-order valence-electron chi connectivity index (χ2n) is 2.97. The number of rotatable bonds is 4. The molecule has 0 spiro atoms. The topological polar surface area (TPSA) is 92.2 Å². The summed E-state index contributed by atoms with van der Waals surface area (Å²) in [5, 5.41) is 0. The van der Waals surface area contributed by atoms with Crippen LogP contribution in [-0.4, -0.2) is 23.0 Å². The summed E-state index contributed by atoms with van der Waals surface area (Å²) >= 11 is 8.63. The van der Waals surface area contributed by atoms with Crippen molar-refractivity contribution in [3.05, 3.63) is 0 Å². The predicted molar refractivity (Wildman–Crippen MR) is 85.5 cm³/mol. The molecule has 21 heavy (non-hydrogen) atoms. The Labute approximate surface area is 174 Å². The van der Waals surface area contributed by atoms with E-state index in [1.54, 1.807) is 0 Å². The summed E-state index contributed by atoms with van der Waals surface area (Å²) in [4.78, 5) is 42.6. The third-order valence-corrected chi connectivity index (χ3v) is 16.6. The minimum Gasteiger partial charge on any atom is -0.854 e. The van der Waals surface area contributed by atoms with Crippen LogP contribution in [0.15, 0.2) is 0 Å². The van der Waals surface area contributed by atoms with Crippen LogP contribution in [0.25, 0.3) is 0 Å².